The average Bonchev–Trinajstić information content (AvgIpc) is 2.64. The van der Waals surface area contributed by atoms with Gasteiger partial charge >= 0.3 is 0 Å². The fraction of sp³-hybridized carbons (Fsp3) is 0.696. The Bertz CT molecular complexity index is 519. The minimum Gasteiger partial charge on any atom is -0.322 e. The molecule has 0 heterocycles. The molecule has 1 radical (unpaired) electrons. The molecule has 0 fully saturated rings. The third-order valence-electron chi connectivity index (χ3n) is 5.80. The molecule has 27 heavy (non-hydrogen) atoms. The number of hydrogen-bond acceptors (Lipinski definition) is 1. The molecule has 0 aliphatic carbocycles. The Morgan fingerprint density at radius 3 is 1.70 bits per heavy atom. The standard InChI is InChI=1S/C23H40NOP.Y/c1-7-10-16-26(17-11-8-2,18-12-9-3)21(6)23(25)24-22-19(4)14-13-15-20(22)5;/h13-15,21H,7-12,16-18H2,1-6H3;/p+1. The molecule has 151 valence electrons. The Balaban J connectivity index is 0.00000676. The molecule has 0 aromatic heterocycles. The first-order valence-electron chi connectivity index (χ1n) is 10.6. The summed E-state index contributed by atoms with van der Waals surface area (Å²) in [4.78, 5) is 13.3. The monoisotopic (exact) mass is 467 g/mol. The number of aryl methyl sites for hydroxylation is 2. The molecule has 1 amide bonds. The maximum Gasteiger partial charge on any atom is 0.264 e. The van der Waals surface area contributed by atoms with Crippen LogP contribution in [-0.4, -0.2) is 30.1 Å². The van der Waals surface area contributed by atoms with E-state index in [0.717, 1.165) is 16.8 Å². The van der Waals surface area contributed by atoms with Crippen molar-refractivity contribution in [3.05, 3.63) is 29.3 Å². The van der Waals surface area contributed by atoms with Gasteiger partial charge in [-0.15, -0.1) is 0 Å². The quantitative estimate of drug-likeness (QED) is 0.328. The van der Waals surface area contributed by atoms with E-state index in [2.05, 4.69) is 65.1 Å². The zero-order valence-corrected chi connectivity index (χ0v) is 22.3. The number of hydrogen-bond donors (Lipinski definition) is 1. The van der Waals surface area contributed by atoms with Gasteiger partial charge in [0.2, 0.25) is 0 Å². The summed E-state index contributed by atoms with van der Waals surface area (Å²) in [6, 6.07) is 6.23. The van der Waals surface area contributed by atoms with Crippen molar-refractivity contribution in [1.29, 1.82) is 0 Å². The van der Waals surface area contributed by atoms with E-state index >= 15 is 0 Å². The van der Waals surface area contributed by atoms with Gasteiger partial charge in [0.1, 0.15) is 5.66 Å². The summed E-state index contributed by atoms with van der Waals surface area (Å²) in [5.74, 6) is 0.249. The van der Waals surface area contributed by atoms with Crippen LogP contribution in [0.25, 0.3) is 0 Å². The SMILES string of the molecule is CCCC[P+](CCCC)(CCCC)C(C)C(=O)Nc1c(C)cccc1C.[Y]. The van der Waals surface area contributed by atoms with Crippen LogP contribution in [0, 0.1) is 13.8 Å². The fourth-order valence-electron chi connectivity index (χ4n) is 3.82. The number of carbonyl (C=O) groups excluding carboxylic acids is 1. The van der Waals surface area contributed by atoms with Crippen molar-refractivity contribution in [3.8, 4) is 0 Å². The van der Waals surface area contributed by atoms with Gasteiger partial charge < -0.3 is 5.32 Å². The summed E-state index contributed by atoms with van der Waals surface area (Å²) in [6.45, 7) is 13.2. The first-order valence-corrected chi connectivity index (χ1v) is 13.1. The van der Waals surface area contributed by atoms with E-state index < -0.39 is 7.26 Å². The van der Waals surface area contributed by atoms with Crippen molar-refractivity contribution in [2.75, 3.05) is 23.8 Å². The number of anilines is 1. The smallest absolute Gasteiger partial charge is 0.264 e. The molecule has 1 unspecified atom stereocenters. The first kappa shape index (κ1) is 27.2. The average molecular weight is 467 g/mol. The Morgan fingerprint density at radius 1 is 0.926 bits per heavy atom. The molecule has 0 saturated heterocycles. The zero-order chi connectivity index (χ0) is 19.6. The van der Waals surface area contributed by atoms with Gasteiger partial charge in [0.25, 0.3) is 5.91 Å². The summed E-state index contributed by atoms with van der Waals surface area (Å²) < 4.78 is 0. The van der Waals surface area contributed by atoms with Crippen LogP contribution in [0.4, 0.5) is 5.69 Å². The van der Waals surface area contributed by atoms with Crippen LogP contribution in [0.5, 0.6) is 0 Å². The molecule has 0 aliphatic heterocycles. The van der Waals surface area contributed by atoms with E-state index in [4.69, 9.17) is 0 Å². The molecule has 1 atom stereocenters. The predicted octanol–water partition coefficient (Wildman–Crippen LogP) is 7.05. The Hall–Kier alpha value is 0.224. The summed E-state index contributed by atoms with van der Waals surface area (Å²) in [7, 11) is -1.27. The number of unbranched alkanes of at least 4 members (excludes halogenated alkanes) is 3. The van der Waals surface area contributed by atoms with Gasteiger partial charge in [-0.25, -0.2) is 0 Å². The van der Waals surface area contributed by atoms with E-state index in [1.54, 1.807) is 0 Å². The van der Waals surface area contributed by atoms with Crippen molar-refractivity contribution in [3.63, 3.8) is 0 Å². The zero-order valence-electron chi connectivity index (χ0n) is 18.6. The van der Waals surface area contributed by atoms with Crippen LogP contribution in [-0.2, 0) is 37.5 Å². The van der Waals surface area contributed by atoms with Gasteiger partial charge in [0, 0.05) is 45.7 Å². The van der Waals surface area contributed by atoms with Crippen molar-refractivity contribution in [2.45, 2.75) is 85.7 Å². The summed E-state index contributed by atoms with van der Waals surface area (Å²) in [5, 5.41) is 3.30. The summed E-state index contributed by atoms with van der Waals surface area (Å²) >= 11 is 0. The Labute approximate surface area is 194 Å². The van der Waals surface area contributed by atoms with E-state index in [-0.39, 0.29) is 44.3 Å². The number of rotatable bonds is 12. The Morgan fingerprint density at radius 2 is 1.33 bits per heavy atom. The maximum absolute atomic E-state index is 13.3. The number of carbonyl (C=O) groups is 1. The van der Waals surface area contributed by atoms with E-state index in [9.17, 15) is 4.79 Å². The van der Waals surface area contributed by atoms with Crippen LogP contribution < -0.4 is 5.32 Å². The number of para-hydroxylation sites is 1. The molecule has 4 heteroatoms. The van der Waals surface area contributed by atoms with E-state index in [1.807, 2.05) is 0 Å². The minimum atomic E-state index is -1.27. The van der Waals surface area contributed by atoms with Crippen LogP contribution in [0.15, 0.2) is 18.2 Å². The fourth-order valence-corrected chi connectivity index (χ4v) is 9.06. The van der Waals surface area contributed by atoms with Gasteiger partial charge in [0.15, 0.2) is 0 Å². The third kappa shape index (κ3) is 8.24. The molecular weight excluding hydrogens is 426 g/mol. The van der Waals surface area contributed by atoms with E-state index in [0.29, 0.717) is 0 Å². The van der Waals surface area contributed by atoms with E-state index in [1.165, 1.54) is 57.0 Å². The number of amides is 1. The molecule has 0 spiro atoms. The number of nitrogens with one attached hydrogen (secondary N) is 1. The van der Waals surface area contributed by atoms with Crippen molar-refractivity contribution >= 4 is 18.9 Å². The molecule has 1 aromatic rings. The Kier molecular flexibility index (Phi) is 14.4. The van der Waals surface area contributed by atoms with Gasteiger partial charge in [-0.1, -0.05) is 58.2 Å². The van der Waals surface area contributed by atoms with Gasteiger partial charge in [-0.3, -0.25) is 4.79 Å². The normalized spacial score (nSPS) is 12.4. The number of benzene rings is 1. The molecule has 1 N–H and O–H groups in total. The second kappa shape index (κ2) is 14.2. The first-order chi connectivity index (χ1) is 12.4. The largest absolute Gasteiger partial charge is 0.322 e. The predicted molar refractivity (Wildman–Crippen MR) is 120 cm³/mol. The van der Waals surface area contributed by atoms with Crippen LogP contribution in [0.3, 0.4) is 0 Å². The molecule has 0 saturated carbocycles. The van der Waals surface area contributed by atoms with Crippen LogP contribution in [0.2, 0.25) is 0 Å². The maximum atomic E-state index is 13.3. The summed E-state index contributed by atoms with van der Waals surface area (Å²) in [6.07, 6.45) is 11.3. The van der Waals surface area contributed by atoms with Gasteiger partial charge in [0.05, 0.1) is 18.5 Å². The third-order valence-corrected chi connectivity index (χ3v) is 11.3. The van der Waals surface area contributed by atoms with Crippen molar-refractivity contribution < 1.29 is 37.5 Å². The van der Waals surface area contributed by atoms with Gasteiger partial charge in [-0.2, -0.15) is 0 Å². The van der Waals surface area contributed by atoms with Crippen LogP contribution in [0.1, 0.15) is 77.3 Å². The van der Waals surface area contributed by atoms with Crippen molar-refractivity contribution in [2.24, 2.45) is 0 Å². The molecule has 0 bridgehead atoms. The second-order valence-corrected chi connectivity index (χ2v) is 12.4. The second-order valence-electron chi connectivity index (χ2n) is 7.88. The molecule has 2 nitrogen and oxygen atoms in total. The summed E-state index contributed by atoms with van der Waals surface area (Å²) in [5.41, 5.74) is 3.49. The molecule has 1 aromatic carbocycles. The van der Waals surface area contributed by atoms with Crippen LogP contribution >= 0.6 is 7.26 Å². The minimum absolute atomic E-state index is 0. The molecule has 1 rings (SSSR count). The van der Waals surface area contributed by atoms with Crippen molar-refractivity contribution in [1.82, 2.24) is 0 Å². The van der Waals surface area contributed by atoms with Gasteiger partial charge in [-0.05, 0) is 51.2 Å². The molecule has 0 aliphatic rings. The molecular formula is C23H41NOPY+. The topological polar surface area (TPSA) is 29.1 Å².